The van der Waals surface area contributed by atoms with Gasteiger partial charge in [0.1, 0.15) is 0 Å². The first-order chi connectivity index (χ1) is 12.8. The normalized spacial score (nSPS) is 14.3. The first-order valence-corrected chi connectivity index (χ1v) is 8.68. The molecule has 3 rings (SSSR count). The van der Waals surface area contributed by atoms with Crippen LogP contribution in [0.15, 0.2) is 48.5 Å². The quantitative estimate of drug-likeness (QED) is 0.884. The highest BCUT2D eigenvalue weighted by molar-refractivity contribution is 5.97. The summed E-state index contributed by atoms with van der Waals surface area (Å²) in [6.45, 7) is 1.37. The fourth-order valence-corrected chi connectivity index (χ4v) is 3.03. The Labute approximate surface area is 155 Å². The predicted molar refractivity (Wildman–Crippen MR) is 95.0 cm³/mol. The van der Waals surface area contributed by atoms with Crippen molar-refractivity contribution in [3.63, 3.8) is 0 Å². The number of hydrogen-bond acceptors (Lipinski definition) is 2. The first-order valence-electron chi connectivity index (χ1n) is 8.68. The highest BCUT2D eigenvalue weighted by Gasteiger charge is 2.30. The molecule has 0 spiro atoms. The largest absolute Gasteiger partial charge is 0.416 e. The lowest BCUT2D eigenvalue weighted by atomic mass is 10.0. The summed E-state index contributed by atoms with van der Waals surface area (Å²) in [5.74, 6) is -0.504. The van der Waals surface area contributed by atoms with E-state index in [0.717, 1.165) is 38.1 Å². The van der Waals surface area contributed by atoms with E-state index in [1.165, 1.54) is 12.1 Å². The average Bonchev–Trinajstić information content (AvgIpc) is 3.20. The van der Waals surface area contributed by atoms with Gasteiger partial charge in [0.2, 0.25) is 5.91 Å². The van der Waals surface area contributed by atoms with Crippen LogP contribution in [0.4, 0.5) is 13.2 Å². The Bertz CT molecular complexity index is 826. The summed E-state index contributed by atoms with van der Waals surface area (Å²) < 4.78 is 38.0. The van der Waals surface area contributed by atoms with Crippen LogP contribution in [0.5, 0.6) is 0 Å². The van der Waals surface area contributed by atoms with Crippen molar-refractivity contribution in [1.29, 1.82) is 0 Å². The Morgan fingerprint density at radius 2 is 1.63 bits per heavy atom. The van der Waals surface area contributed by atoms with E-state index in [-0.39, 0.29) is 12.5 Å². The molecule has 0 aromatic heterocycles. The number of carbonyl (C=O) groups excluding carboxylic acids is 2. The molecule has 1 aliphatic rings. The fraction of sp³-hybridized carbons (Fsp3) is 0.300. The number of halogens is 3. The van der Waals surface area contributed by atoms with E-state index < -0.39 is 17.6 Å². The maximum atomic E-state index is 12.7. The van der Waals surface area contributed by atoms with Gasteiger partial charge in [-0.25, -0.2) is 0 Å². The number of likely N-dealkylation sites (tertiary alicyclic amines) is 1. The Hall–Kier alpha value is -2.83. The first kappa shape index (κ1) is 18.9. The molecule has 1 heterocycles. The van der Waals surface area contributed by atoms with Gasteiger partial charge in [-0.05, 0) is 48.2 Å². The fourth-order valence-electron chi connectivity index (χ4n) is 3.03. The van der Waals surface area contributed by atoms with E-state index in [1.54, 1.807) is 29.2 Å². The van der Waals surface area contributed by atoms with Gasteiger partial charge < -0.3 is 10.2 Å². The zero-order valence-electron chi connectivity index (χ0n) is 14.6. The van der Waals surface area contributed by atoms with Gasteiger partial charge >= 0.3 is 6.18 Å². The zero-order chi connectivity index (χ0) is 19.4. The highest BCUT2D eigenvalue weighted by Crippen LogP contribution is 2.31. The molecule has 1 saturated heterocycles. The molecule has 142 valence electrons. The second-order valence-electron chi connectivity index (χ2n) is 6.43. The SMILES string of the molecule is O=C(NCC(=O)N1CCCC1)c1cccc(-c2ccc(C(F)(F)F)cc2)c1. The van der Waals surface area contributed by atoms with E-state index in [1.807, 2.05) is 0 Å². The average molecular weight is 376 g/mol. The summed E-state index contributed by atoms with van der Waals surface area (Å²) in [5, 5.41) is 2.60. The van der Waals surface area contributed by atoms with Crippen molar-refractivity contribution in [1.82, 2.24) is 10.2 Å². The van der Waals surface area contributed by atoms with Gasteiger partial charge in [-0.15, -0.1) is 0 Å². The van der Waals surface area contributed by atoms with E-state index in [2.05, 4.69) is 5.32 Å². The third kappa shape index (κ3) is 4.67. The van der Waals surface area contributed by atoms with Crippen LogP contribution in [0.1, 0.15) is 28.8 Å². The van der Waals surface area contributed by atoms with Crippen LogP contribution >= 0.6 is 0 Å². The molecule has 1 aliphatic heterocycles. The molecule has 0 aliphatic carbocycles. The van der Waals surface area contributed by atoms with E-state index in [0.29, 0.717) is 16.7 Å². The zero-order valence-corrected chi connectivity index (χ0v) is 14.6. The summed E-state index contributed by atoms with van der Waals surface area (Å²) in [6, 6.07) is 11.3. The van der Waals surface area contributed by atoms with Crippen LogP contribution < -0.4 is 5.32 Å². The molecular weight excluding hydrogens is 357 g/mol. The lowest BCUT2D eigenvalue weighted by Gasteiger charge is -2.15. The van der Waals surface area contributed by atoms with Gasteiger partial charge in [0.15, 0.2) is 0 Å². The molecule has 0 radical (unpaired) electrons. The molecule has 0 atom stereocenters. The molecule has 2 amide bonds. The van der Waals surface area contributed by atoms with Gasteiger partial charge in [0.25, 0.3) is 5.91 Å². The van der Waals surface area contributed by atoms with Crippen LogP contribution in [0.25, 0.3) is 11.1 Å². The van der Waals surface area contributed by atoms with Crippen LogP contribution in [-0.4, -0.2) is 36.3 Å². The Morgan fingerprint density at radius 3 is 2.26 bits per heavy atom. The summed E-state index contributed by atoms with van der Waals surface area (Å²) in [5.41, 5.74) is 0.829. The standard InChI is InChI=1S/C20H19F3N2O2/c21-20(22,23)17-8-6-14(7-9-17)15-4-3-5-16(12-15)19(27)24-13-18(26)25-10-1-2-11-25/h3-9,12H,1-2,10-11,13H2,(H,24,27). The smallest absolute Gasteiger partial charge is 0.343 e. The van der Waals surface area contributed by atoms with Crippen molar-refractivity contribution in [3.8, 4) is 11.1 Å². The minimum Gasteiger partial charge on any atom is -0.343 e. The Morgan fingerprint density at radius 1 is 0.963 bits per heavy atom. The molecule has 2 aromatic rings. The summed E-state index contributed by atoms with van der Waals surface area (Å²) >= 11 is 0. The molecule has 0 bridgehead atoms. The van der Waals surface area contributed by atoms with Gasteiger partial charge in [0.05, 0.1) is 12.1 Å². The van der Waals surface area contributed by atoms with Gasteiger partial charge in [0, 0.05) is 18.7 Å². The number of nitrogens with one attached hydrogen (secondary N) is 1. The minimum absolute atomic E-state index is 0.0661. The summed E-state index contributed by atoms with van der Waals surface area (Å²) in [7, 11) is 0. The number of rotatable bonds is 4. The Balaban J connectivity index is 1.67. The van der Waals surface area contributed by atoms with Crippen LogP contribution in [0.2, 0.25) is 0 Å². The third-order valence-electron chi connectivity index (χ3n) is 4.53. The van der Waals surface area contributed by atoms with E-state index in [4.69, 9.17) is 0 Å². The monoisotopic (exact) mass is 376 g/mol. The maximum Gasteiger partial charge on any atom is 0.416 e. The van der Waals surface area contributed by atoms with Crippen molar-refractivity contribution in [2.45, 2.75) is 19.0 Å². The maximum absolute atomic E-state index is 12.7. The van der Waals surface area contributed by atoms with Crippen molar-refractivity contribution < 1.29 is 22.8 Å². The molecular formula is C20H19F3N2O2. The second kappa shape index (κ2) is 7.82. The Kier molecular flexibility index (Phi) is 5.48. The van der Waals surface area contributed by atoms with Crippen LogP contribution in [0.3, 0.4) is 0 Å². The van der Waals surface area contributed by atoms with Crippen molar-refractivity contribution >= 4 is 11.8 Å². The molecule has 0 unspecified atom stereocenters. The molecule has 1 N–H and O–H groups in total. The molecule has 2 aromatic carbocycles. The van der Waals surface area contributed by atoms with Crippen LogP contribution in [-0.2, 0) is 11.0 Å². The number of nitrogens with zero attached hydrogens (tertiary/aromatic N) is 1. The molecule has 0 saturated carbocycles. The lowest BCUT2D eigenvalue weighted by Crippen LogP contribution is -2.38. The van der Waals surface area contributed by atoms with Crippen molar-refractivity contribution in [2.75, 3.05) is 19.6 Å². The third-order valence-corrected chi connectivity index (χ3v) is 4.53. The number of alkyl halides is 3. The van der Waals surface area contributed by atoms with Gasteiger partial charge in [-0.1, -0.05) is 24.3 Å². The molecule has 4 nitrogen and oxygen atoms in total. The second-order valence-corrected chi connectivity index (χ2v) is 6.43. The molecule has 1 fully saturated rings. The van der Waals surface area contributed by atoms with E-state index >= 15 is 0 Å². The van der Waals surface area contributed by atoms with Crippen molar-refractivity contribution in [3.05, 3.63) is 59.7 Å². The van der Waals surface area contributed by atoms with Crippen molar-refractivity contribution in [2.24, 2.45) is 0 Å². The van der Waals surface area contributed by atoms with E-state index in [9.17, 15) is 22.8 Å². The molecule has 27 heavy (non-hydrogen) atoms. The van der Waals surface area contributed by atoms with Gasteiger partial charge in [-0.3, -0.25) is 9.59 Å². The molecule has 7 heteroatoms. The number of hydrogen-bond donors (Lipinski definition) is 1. The predicted octanol–water partition coefficient (Wildman–Crippen LogP) is 3.72. The van der Waals surface area contributed by atoms with Gasteiger partial charge in [-0.2, -0.15) is 13.2 Å². The highest BCUT2D eigenvalue weighted by atomic mass is 19.4. The summed E-state index contributed by atoms with van der Waals surface area (Å²) in [4.78, 5) is 26.0. The van der Waals surface area contributed by atoms with Crippen LogP contribution in [0, 0.1) is 0 Å². The number of carbonyl (C=O) groups is 2. The summed E-state index contributed by atoms with van der Waals surface area (Å²) in [6.07, 6.45) is -2.42. The minimum atomic E-state index is -4.39. The lowest BCUT2D eigenvalue weighted by molar-refractivity contribution is -0.137. The number of amides is 2. The number of benzene rings is 2. The topological polar surface area (TPSA) is 49.4 Å².